The third-order valence-electron chi connectivity index (χ3n) is 14.3. The van der Waals surface area contributed by atoms with Gasteiger partial charge in [-0.3, -0.25) is 34.6 Å². The fourth-order valence-corrected chi connectivity index (χ4v) is 10.5. The zero-order valence-corrected chi connectivity index (χ0v) is 49.0. The molecule has 5 rings (SSSR count). The van der Waals surface area contributed by atoms with E-state index in [-0.39, 0.29) is 60.0 Å². The highest BCUT2D eigenvalue weighted by molar-refractivity contribution is 9.09. The van der Waals surface area contributed by atoms with Gasteiger partial charge in [-0.05, 0) is 76.6 Å². The molecule has 3 aliphatic heterocycles. The molecule has 0 radical (unpaired) electrons. The summed E-state index contributed by atoms with van der Waals surface area (Å²) in [5, 5.41) is 16.4. The van der Waals surface area contributed by atoms with E-state index in [0.717, 1.165) is 22.9 Å². The quantitative estimate of drug-likeness (QED) is 0.0591. The summed E-state index contributed by atoms with van der Waals surface area (Å²) >= 11 is 10.7. The first kappa shape index (κ1) is 63.6. The van der Waals surface area contributed by atoms with Crippen molar-refractivity contribution in [1.82, 2.24) is 25.3 Å². The van der Waals surface area contributed by atoms with Gasteiger partial charge in [0.05, 0.1) is 36.8 Å². The van der Waals surface area contributed by atoms with Gasteiger partial charge in [-0.25, -0.2) is 14.4 Å². The lowest BCUT2D eigenvalue weighted by Crippen LogP contribution is -2.63. The molecule has 7 amide bonds. The molecule has 1 aliphatic carbocycles. The van der Waals surface area contributed by atoms with Crippen LogP contribution in [0.1, 0.15) is 78.2 Å². The van der Waals surface area contributed by atoms with Gasteiger partial charge in [-0.15, -0.1) is 0 Å². The van der Waals surface area contributed by atoms with Gasteiger partial charge < -0.3 is 57.9 Å². The second-order valence-corrected chi connectivity index (χ2v) is 22.2. The fraction of sp³-hybridized carbons (Fsp3) is 0.623. The Morgan fingerprint density at radius 2 is 1.77 bits per heavy atom. The number of imide groups is 1. The lowest BCUT2D eigenvalue weighted by atomic mass is 9.83. The third kappa shape index (κ3) is 17.1. The minimum Gasteiger partial charge on any atom is -0.495 e. The van der Waals surface area contributed by atoms with Gasteiger partial charge in [0.1, 0.15) is 53.4 Å². The Morgan fingerprint density at radius 3 is 2.46 bits per heavy atom. The molecule has 0 aromatic heterocycles. The van der Waals surface area contributed by atoms with E-state index in [0.29, 0.717) is 43.5 Å². The minimum absolute atomic E-state index is 0.00832. The van der Waals surface area contributed by atoms with E-state index in [2.05, 4.69) is 26.6 Å². The zero-order valence-electron chi connectivity index (χ0n) is 45.9. The molecule has 78 heavy (non-hydrogen) atoms. The number of rotatable bonds is 16. The molecule has 22 nitrogen and oxygen atoms in total. The van der Waals surface area contributed by atoms with Crippen molar-refractivity contribution < 1.29 is 76.6 Å². The van der Waals surface area contributed by atoms with E-state index in [4.69, 9.17) is 44.8 Å². The van der Waals surface area contributed by atoms with Crippen LogP contribution in [-0.2, 0) is 58.8 Å². The molecule has 432 valence electrons. The van der Waals surface area contributed by atoms with Crippen LogP contribution in [0.4, 0.5) is 20.1 Å². The Morgan fingerprint density at radius 1 is 1.05 bits per heavy atom. The largest absolute Gasteiger partial charge is 0.495 e. The lowest BCUT2D eigenvalue weighted by Gasteiger charge is -2.42. The Kier molecular flexibility index (Phi) is 23.5. The second-order valence-electron chi connectivity index (χ2n) is 20.2. The van der Waals surface area contributed by atoms with Gasteiger partial charge in [0.15, 0.2) is 5.72 Å². The number of fused-ring (bicyclic) bond motifs is 5. The number of allylic oxidation sites excluding steroid dienone is 3. The number of benzene rings is 1. The van der Waals surface area contributed by atoms with Crippen molar-refractivity contribution in [2.24, 2.45) is 5.92 Å². The highest BCUT2D eigenvalue weighted by atomic mass is 79.9. The number of aliphatic hydroxyl groups is 1. The number of anilines is 1. The number of esters is 1. The van der Waals surface area contributed by atoms with Crippen LogP contribution < -0.4 is 20.3 Å². The maximum atomic E-state index is 14.4. The highest BCUT2D eigenvalue weighted by Gasteiger charge is 2.64. The number of epoxide rings is 1. The number of amides is 7. The highest BCUT2D eigenvalue weighted by Crippen LogP contribution is 2.49. The molecule has 2 fully saturated rings. The van der Waals surface area contributed by atoms with Crippen LogP contribution in [0, 0.1) is 5.92 Å². The molecule has 3 heterocycles. The average molecular weight is 1200 g/mol. The molecular formula is C53H74BrClN6O16S. The van der Waals surface area contributed by atoms with Crippen molar-refractivity contribution in [3.05, 3.63) is 58.7 Å². The molecule has 1 aromatic rings. The van der Waals surface area contributed by atoms with Gasteiger partial charge in [0, 0.05) is 72.9 Å². The number of hydrogen-bond acceptors (Lipinski definition) is 17. The number of carbonyl (C=O) groups excluding carboxylic acids is 8. The number of thioether (sulfide) groups is 1. The number of nitrogens with one attached hydrogen (secondary N) is 2. The molecule has 0 spiro atoms. The molecule has 10 atom stereocenters. The maximum Gasteiger partial charge on any atom is 0.410 e. The number of nitrogens with zero attached hydrogens (tertiary/aromatic N) is 4. The maximum absolute atomic E-state index is 14.4. The fourth-order valence-electron chi connectivity index (χ4n) is 9.24. The van der Waals surface area contributed by atoms with E-state index >= 15 is 0 Å². The molecule has 3 N–H and O–H groups in total. The number of alkyl halides is 1. The van der Waals surface area contributed by atoms with Crippen LogP contribution in [0.25, 0.3) is 0 Å². The molecular weight excluding hydrogens is 1120 g/mol. The van der Waals surface area contributed by atoms with E-state index < -0.39 is 102 Å². The van der Waals surface area contributed by atoms with Crippen molar-refractivity contribution in [3.63, 3.8) is 0 Å². The summed E-state index contributed by atoms with van der Waals surface area (Å²) in [5.74, 6) is -2.97. The first-order chi connectivity index (χ1) is 36.8. The summed E-state index contributed by atoms with van der Waals surface area (Å²) in [6.45, 7) is 6.91. The number of alkyl carbamates (subject to hydrolysis) is 1. The van der Waals surface area contributed by atoms with E-state index in [1.165, 1.54) is 47.8 Å². The van der Waals surface area contributed by atoms with Crippen molar-refractivity contribution in [2.75, 3.05) is 78.1 Å². The van der Waals surface area contributed by atoms with Crippen LogP contribution in [0.15, 0.2) is 48.1 Å². The first-order valence-corrected chi connectivity index (χ1v) is 28.1. The van der Waals surface area contributed by atoms with Crippen molar-refractivity contribution in [3.8, 4) is 5.75 Å². The molecule has 2 saturated heterocycles. The summed E-state index contributed by atoms with van der Waals surface area (Å²) in [4.78, 5) is 110. The third-order valence-corrected chi connectivity index (χ3v) is 16.2. The van der Waals surface area contributed by atoms with Crippen LogP contribution in [0.5, 0.6) is 5.75 Å². The number of halogens is 2. The zero-order chi connectivity index (χ0) is 57.6. The molecule has 1 aromatic carbocycles. The summed E-state index contributed by atoms with van der Waals surface area (Å²) in [7, 11) is 8.98. The number of ether oxygens (including phenoxy) is 7. The number of hydrogen-bond donors (Lipinski definition) is 3. The number of methoxy groups -OCH3 is 2. The van der Waals surface area contributed by atoms with Gasteiger partial charge in [-0.2, -0.15) is 0 Å². The topological polar surface area (TPSA) is 262 Å². The SMILES string of the molecule is COc1cc2cc(c1Cl)N(C)C(=O)C[C@H](OC(=O)[C@H](C)N(C)C(=O)CCSC(=O)N(C)CCN(C)C(=O)OC1/C=C/CC(OCC(=O)NC(=O)CBr)CCC1)[C@]1(C)O[C@H]1[C@H](C)[C@@H]1C[C@@](O)(NC(=O)O1)[C@H](OC)/C=C/C=C(\C)C2. The molecule has 4 bridgehead atoms. The smallest absolute Gasteiger partial charge is 0.410 e. The van der Waals surface area contributed by atoms with Crippen molar-refractivity contribution in [2.45, 2.75) is 133 Å². The Hall–Kier alpha value is -5.24. The minimum atomic E-state index is -1.89. The monoisotopic (exact) mass is 1200 g/mol. The molecule has 0 saturated carbocycles. The predicted octanol–water partition coefficient (Wildman–Crippen LogP) is 5.68. The molecule has 2 unspecified atom stereocenters. The molecule has 4 aliphatic rings. The Labute approximate surface area is 473 Å². The Bertz CT molecular complexity index is 2470. The standard InChI is InChI=1S/C53H74BrClN6O16S/c1-31-14-11-19-40(72-10)53(70)28-39(75-49(67)57-53)32(2)47-52(4,77-47)41(27-45(65)61(8)37-25-34(24-31)26-38(71-9)46(37)55)76-48(66)33(3)60(7)44(64)20-23-78-51(69)59(6)22-21-58(5)50(68)74-36-17-12-15-35(16-13-18-36)73-30-43(63)56-42(62)29-54/h11-12,14,17,19,25-26,32-33,35-36,39-41,47,70H,13,15-16,18,20-24,27-30H2,1-10H3,(H,57,67)(H,56,62,63)/b17-12+,19-11+,31-14+/t32-,33+,35?,36?,39+,40-,41+,47+,52+,53+/m1/s1. The normalized spacial score (nSPS) is 28.2. The second kappa shape index (κ2) is 28.8. The lowest BCUT2D eigenvalue weighted by molar-refractivity contribution is -0.162. The van der Waals surface area contributed by atoms with Crippen LogP contribution in [0.2, 0.25) is 5.02 Å². The van der Waals surface area contributed by atoms with Gasteiger partial charge >= 0.3 is 18.2 Å². The summed E-state index contributed by atoms with van der Waals surface area (Å²) in [6.07, 6.45) is 4.84. The Balaban J connectivity index is 1.18. The van der Waals surface area contributed by atoms with Gasteiger partial charge in [-0.1, -0.05) is 76.1 Å². The predicted molar refractivity (Wildman–Crippen MR) is 293 cm³/mol. The van der Waals surface area contributed by atoms with E-state index in [9.17, 15) is 43.5 Å². The van der Waals surface area contributed by atoms with Crippen molar-refractivity contribution in [1.29, 1.82) is 0 Å². The van der Waals surface area contributed by atoms with Crippen LogP contribution in [0.3, 0.4) is 0 Å². The number of likely N-dealkylation sites (N-methyl/N-ethyl adjacent to an activating group) is 3. The van der Waals surface area contributed by atoms with Crippen molar-refractivity contribution >= 4 is 92.0 Å². The van der Waals surface area contributed by atoms with Crippen LogP contribution >= 0.6 is 39.3 Å². The van der Waals surface area contributed by atoms with E-state index in [1.807, 2.05) is 19.1 Å². The average Bonchev–Trinajstić information content (AvgIpc) is 4.23. The van der Waals surface area contributed by atoms with Crippen LogP contribution in [-0.4, -0.2) is 194 Å². The van der Waals surface area contributed by atoms with Gasteiger partial charge in [0.2, 0.25) is 17.7 Å². The summed E-state index contributed by atoms with van der Waals surface area (Å²) in [6, 6.07) is 2.37. The van der Waals surface area contributed by atoms with E-state index in [1.54, 1.807) is 65.4 Å². The summed E-state index contributed by atoms with van der Waals surface area (Å²) in [5.41, 5.74) is -1.21. The first-order valence-electron chi connectivity index (χ1n) is 25.7. The summed E-state index contributed by atoms with van der Waals surface area (Å²) < 4.78 is 40.8. The molecule has 25 heteroatoms. The number of carbonyl (C=O) groups is 8. The van der Waals surface area contributed by atoms with Gasteiger partial charge in [0.25, 0.3) is 11.1 Å².